The van der Waals surface area contributed by atoms with Gasteiger partial charge in [0.2, 0.25) is 11.8 Å². The number of nitrogens with one attached hydrogen (secondary N) is 1. The molecule has 0 aliphatic carbocycles. The fourth-order valence-electron chi connectivity index (χ4n) is 3.15. The lowest BCUT2D eigenvalue weighted by atomic mass is 10.0. The van der Waals surface area contributed by atoms with Gasteiger partial charge in [0.15, 0.2) is 0 Å². The summed E-state index contributed by atoms with van der Waals surface area (Å²) in [4.78, 5) is 25.8. The molecule has 1 aliphatic rings. The topological polar surface area (TPSA) is 49.4 Å². The SMILES string of the molecule is O=C(NCc1ccc(F)cc1C(F)(F)F)C1CCN(c2cc(F)cc(F)c2)C1=O. The first kappa shape index (κ1) is 20.7. The van der Waals surface area contributed by atoms with E-state index in [1.54, 1.807) is 0 Å². The van der Waals surface area contributed by atoms with Crippen molar-refractivity contribution in [3.8, 4) is 0 Å². The molecule has 0 saturated carbocycles. The van der Waals surface area contributed by atoms with Crippen molar-refractivity contribution in [1.82, 2.24) is 5.32 Å². The van der Waals surface area contributed by atoms with E-state index in [-0.39, 0.29) is 24.2 Å². The Bertz CT molecular complexity index is 940. The zero-order chi connectivity index (χ0) is 21.3. The van der Waals surface area contributed by atoms with Gasteiger partial charge in [-0.1, -0.05) is 6.07 Å². The van der Waals surface area contributed by atoms with Crippen LogP contribution in [0.1, 0.15) is 17.5 Å². The fourth-order valence-corrected chi connectivity index (χ4v) is 3.15. The van der Waals surface area contributed by atoms with Crippen LogP contribution in [-0.2, 0) is 22.3 Å². The third kappa shape index (κ3) is 4.52. The van der Waals surface area contributed by atoms with E-state index in [1.807, 2.05) is 0 Å². The molecule has 154 valence electrons. The van der Waals surface area contributed by atoms with E-state index < -0.39 is 53.5 Å². The number of carbonyl (C=O) groups excluding carboxylic acids is 2. The molecule has 1 atom stereocenters. The zero-order valence-electron chi connectivity index (χ0n) is 14.7. The lowest BCUT2D eigenvalue weighted by molar-refractivity contribution is -0.139. The van der Waals surface area contributed by atoms with E-state index in [1.165, 1.54) is 0 Å². The smallest absolute Gasteiger partial charge is 0.351 e. The summed E-state index contributed by atoms with van der Waals surface area (Å²) < 4.78 is 78.9. The largest absolute Gasteiger partial charge is 0.416 e. The van der Waals surface area contributed by atoms with Crippen LogP contribution in [0.2, 0.25) is 0 Å². The van der Waals surface area contributed by atoms with E-state index in [9.17, 15) is 35.9 Å². The molecule has 2 amide bonds. The van der Waals surface area contributed by atoms with Gasteiger partial charge < -0.3 is 10.2 Å². The Morgan fingerprint density at radius 2 is 1.69 bits per heavy atom. The number of amides is 2. The molecule has 1 saturated heterocycles. The minimum atomic E-state index is -4.82. The molecule has 10 heteroatoms. The normalized spacial score (nSPS) is 17.0. The minimum Gasteiger partial charge on any atom is -0.351 e. The summed E-state index contributed by atoms with van der Waals surface area (Å²) in [5.74, 6) is -5.62. The molecule has 2 aromatic carbocycles. The Kier molecular flexibility index (Phi) is 5.54. The van der Waals surface area contributed by atoms with E-state index >= 15 is 0 Å². The van der Waals surface area contributed by atoms with Crippen molar-refractivity contribution in [3.63, 3.8) is 0 Å². The summed E-state index contributed by atoms with van der Waals surface area (Å²) in [6, 6.07) is 4.57. The van der Waals surface area contributed by atoms with Gasteiger partial charge in [0.25, 0.3) is 0 Å². The number of halogens is 6. The number of alkyl halides is 3. The van der Waals surface area contributed by atoms with Crippen molar-refractivity contribution >= 4 is 17.5 Å². The number of benzene rings is 2. The molecule has 0 bridgehead atoms. The lowest BCUT2D eigenvalue weighted by Crippen LogP contribution is -2.37. The highest BCUT2D eigenvalue weighted by molar-refractivity contribution is 6.09. The molecule has 3 rings (SSSR count). The monoisotopic (exact) mass is 416 g/mol. The number of hydrogen-bond donors (Lipinski definition) is 1. The van der Waals surface area contributed by atoms with Gasteiger partial charge in [0.05, 0.1) is 5.56 Å². The first-order chi connectivity index (χ1) is 13.6. The average Bonchev–Trinajstić information content (AvgIpc) is 3.00. The Labute approximate surface area is 161 Å². The van der Waals surface area contributed by atoms with Gasteiger partial charge in [0, 0.05) is 24.8 Å². The summed E-state index contributed by atoms with van der Waals surface area (Å²) in [6.07, 6.45) is -4.79. The fraction of sp³-hybridized carbons (Fsp3) is 0.263. The second-order valence-corrected chi connectivity index (χ2v) is 6.48. The predicted octanol–water partition coefficient (Wildman–Crippen LogP) is 3.79. The van der Waals surface area contributed by atoms with Crippen molar-refractivity contribution in [2.45, 2.75) is 19.1 Å². The van der Waals surface area contributed by atoms with Gasteiger partial charge in [-0.25, -0.2) is 13.2 Å². The molecule has 0 spiro atoms. The molecular weight excluding hydrogens is 402 g/mol. The predicted molar refractivity (Wildman–Crippen MR) is 90.1 cm³/mol. The second kappa shape index (κ2) is 7.76. The van der Waals surface area contributed by atoms with Crippen LogP contribution < -0.4 is 10.2 Å². The van der Waals surface area contributed by atoms with Crippen molar-refractivity contribution in [3.05, 3.63) is 65.0 Å². The number of rotatable bonds is 4. The molecule has 0 aromatic heterocycles. The van der Waals surface area contributed by atoms with Crippen LogP contribution in [0.15, 0.2) is 36.4 Å². The maximum atomic E-state index is 13.4. The molecule has 1 N–H and O–H groups in total. The van der Waals surface area contributed by atoms with Crippen LogP contribution in [0.5, 0.6) is 0 Å². The van der Waals surface area contributed by atoms with Crippen LogP contribution in [0.4, 0.5) is 32.0 Å². The third-order valence-electron chi connectivity index (χ3n) is 4.51. The Morgan fingerprint density at radius 3 is 2.31 bits per heavy atom. The van der Waals surface area contributed by atoms with Gasteiger partial charge in [-0.15, -0.1) is 0 Å². The van der Waals surface area contributed by atoms with E-state index in [2.05, 4.69) is 5.32 Å². The molecule has 4 nitrogen and oxygen atoms in total. The highest BCUT2D eigenvalue weighted by atomic mass is 19.4. The molecule has 0 radical (unpaired) electrons. The average molecular weight is 416 g/mol. The highest BCUT2D eigenvalue weighted by Crippen LogP contribution is 2.33. The Balaban J connectivity index is 1.70. The quantitative estimate of drug-likeness (QED) is 0.609. The van der Waals surface area contributed by atoms with E-state index in [4.69, 9.17) is 0 Å². The Hall–Kier alpha value is -3.04. The minimum absolute atomic E-state index is 0.0180. The molecule has 29 heavy (non-hydrogen) atoms. The van der Waals surface area contributed by atoms with E-state index in [0.29, 0.717) is 12.1 Å². The first-order valence-electron chi connectivity index (χ1n) is 8.47. The summed E-state index contributed by atoms with van der Waals surface area (Å²) >= 11 is 0. The van der Waals surface area contributed by atoms with Crippen molar-refractivity contribution in [1.29, 1.82) is 0 Å². The molecule has 2 aromatic rings. The van der Waals surface area contributed by atoms with Gasteiger partial charge in [0.1, 0.15) is 23.4 Å². The summed E-state index contributed by atoms with van der Waals surface area (Å²) in [6.45, 7) is -0.545. The zero-order valence-corrected chi connectivity index (χ0v) is 14.7. The number of nitrogens with zero attached hydrogens (tertiary/aromatic N) is 1. The van der Waals surface area contributed by atoms with E-state index in [0.717, 1.165) is 29.2 Å². The van der Waals surface area contributed by atoms with Crippen molar-refractivity contribution < 1.29 is 35.9 Å². The maximum Gasteiger partial charge on any atom is 0.416 e. The van der Waals surface area contributed by atoms with Gasteiger partial charge >= 0.3 is 6.18 Å². The maximum absolute atomic E-state index is 13.4. The van der Waals surface area contributed by atoms with Gasteiger partial charge in [-0.2, -0.15) is 13.2 Å². The molecule has 1 aliphatic heterocycles. The van der Waals surface area contributed by atoms with Crippen LogP contribution in [0.25, 0.3) is 0 Å². The summed E-state index contributed by atoms with van der Waals surface area (Å²) in [5.41, 5.74) is -1.64. The highest BCUT2D eigenvalue weighted by Gasteiger charge is 2.38. The van der Waals surface area contributed by atoms with Crippen LogP contribution in [0, 0.1) is 23.4 Å². The molecule has 1 heterocycles. The van der Waals surface area contributed by atoms with Crippen LogP contribution >= 0.6 is 0 Å². The molecular formula is C19H14F6N2O2. The van der Waals surface area contributed by atoms with Gasteiger partial charge in [-0.05, 0) is 36.2 Å². The van der Waals surface area contributed by atoms with Gasteiger partial charge in [-0.3, -0.25) is 9.59 Å². The lowest BCUT2D eigenvalue weighted by Gasteiger charge is -2.17. The number of hydrogen-bond acceptors (Lipinski definition) is 2. The van der Waals surface area contributed by atoms with Crippen molar-refractivity contribution in [2.75, 3.05) is 11.4 Å². The van der Waals surface area contributed by atoms with Crippen molar-refractivity contribution in [2.24, 2.45) is 5.92 Å². The summed E-state index contributed by atoms with van der Waals surface area (Å²) in [7, 11) is 0. The molecule has 1 unspecified atom stereocenters. The molecule has 1 fully saturated rings. The first-order valence-corrected chi connectivity index (χ1v) is 8.47. The second-order valence-electron chi connectivity index (χ2n) is 6.48. The number of carbonyl (C=O) groups is 2. The Morgan fingerprint density at radius 1 is 1.03 bits per heavy atom. The van der Waals surface area contributed by atoms with Crippen LogP contribution in [-0.4, -0.2) is 18.4 Å². The number of anilines is 1. The summed E-state index contributed by atoms with van der Waals surface area (Å²) in [5, 5.41) is 2.24. The van der Waals surface area contributed by atoms with Crippen LogP contribution in [0.3, 0.4) is 0 Å². The standard InChI is InChI=1S/C19H14F6N2O2/c20-11-2-1-10(16(8-11)19(23,24)25)9-26-17(28)15-3-4-27(18(15)29)14-6-12(21)5-13(22)7-14/h1-2,5-8,15H,3-4,9H2,(H,26,28). The third-order valence-corrected chi connectivity index (χ3v) is 4.51.